The second-order valence-corrected chi connectivity index (χ2v) is 6.29. The maximum atomic E-state index is 11.8. The Bertz CT molecular complexity index is 642. The maximum absolute atomic E-state index is 11.8. The van der Waals surface area contributed by atoms with Crippen molar-refractivity contribution in [3.8, 4) is 5.75 Å². The third kappa shape index (κ3) is 5.60. The number of anilines is 1. The number of amides is 2. The molecule has 2 N–H and O–H groups in total. The molecule has 0 saturated carbocycles. The Balaban J connectivity index is 1.70. The summed E-state index contributed by atoms with van der Waals surface area (Å²) in [7, 11) is 0. The monoisotopic (exact) mass is 376 g/mol. The Kier molecular flexibility index (Phi) is 6.47. The van der Waals surface area contributed by atoms with Gasteiger partial charge in [-0.1, -0.05) is 38.1 Å². The molecule has 2 aromatic carbocycles. The molecular formula is C18H21BrN2O2. The second kappa shape index (κ2) is 8.58. The predicted molar refractivity (Wildman–Crippen MR) is 97.2 cm³/mol. The van der Waals surface area contributed by atoms with E-state index in [2.05, 4.69) is 52.5 Å². The van der Waals surface area contributed by atoms with Crippen LogP contribution in [0.4, 0.5) is 10.5 Å². The molecule has 2 amide bonds. The van der Waals surface area contributed by atoms with E-state index < -0.39 is 0 Å². The number of ether oxygens (including phenoxy) is 1. The number of rotatable bonds is 6. The van der Waals surface area contributed by atoms with Crippen LogP contribution in [-0.4, -0.2) is 19.2 Å². The van der Waals surface area contributed by atoms with Crippen molar-refractivity contribution in [3.63, 3.8) is 0 Å². The highest BCUT2D eigenvalue weighted by Crippen LogP contribution is 2.21. The van der Waals surface area contributed by atoms with Crippen LogP contribution in [0, 0.1) is 0 Å². The van der Waals surface area contributed by atoms with E-state index in [1.807, 2.05) is 36.4 Å². The number of benzene rings is 2. The lowest BCUT2D eigenvalue weighted by molar-refractivity contribution is 0.247. The highest BCUT2D eigenvalue weighted by atomic mass is 79.9. The van der Waals surface area contributed by atoms with Crippen LogP contribution in [0.1, 0.15) is 25.3 Å². The highest BCUT2D eigenvalue weighted by molar-refractivity contribution is 9.10. The standard InChI is InChI=1S/C18H21BrN2O2/c1-13(2)14-7-9-15(10-8-14)23-12-11-20-18(22)21-17-6-4-3-5-16(17)19/h3-10,13H,11-12H2,1-2H3,(H2,20,21,22). The Labute approximate surface area is 145 Å². The van der Waals surface area contributed by atoms with Gasteiger partial charge in [-0.15, -0.1) is 0 Å². The molecule has 0 heterocycles. The van der Waals surface area contributed by atoms with Gasteiger partial charge in [0.2, 0.25) is 0 Å². The lowest BCUT2D eigenvalue weighted by atomic mass is 10.0. The average Bonchev–Trinajstić information content (AvgIpc) is 2.54. The molecule has 0 atom stereocenters. The van der Waals surface area contributed by atoms with Gasteiger partial charge in [-0.3, -0.25) is 0 Å². The smallest absolute Gasteiger partial charge is 0.319 e. The molecule has 0 fully saturated rings. The first kappa shape index (κ1) is 17.3. The van der Waals surface area contributed by atoms with Crippen LogP contribution in [0.3, 0.4) is 0 Å². The summed E-state index contributed by atoms with van der Waals surface area (Å²) in [5.74, 6) is 1.31. The van der Waals surface area contributed by atoms with E-state index in [0.717, 1.165) is 15.9 Å². The SMILES string of the molecule is CC(C)c1ccc(OCCNC(=O)Nc2ccccc2Br)cc1. The lowest BCUT2D eigenvalue weighted by Crippen LogP contribution is -2.32. The van der Waals surface area contributed by atoms with Crippen molar-refractivity contribution in [2.45, 2.75) is 19.8 Å². The fourth-order valence-corrected chi connectivity index (χ4v) is 2.40. The fourth-order valence-electron chi connectivity index (χ4n) is 2.01. The Morgan fingerprint density at radius 1 is 1.13 bits per heavy atom. The van der Waals surface area contributed by atoms with Gasteiger partial charge in [-0.05, 0) is 51.7 Å². The van der Waals surface area contributed by atoms with Crippen molar-refractivity contribution in [2.24, 2.45) is 0 Å². The van der Waals surface area contributed by atoms with E-state index in [1.165, 1.54) is 5.56 Å². The van der Waals surface area contributed by atoms with Gasteiger partial charge in [0.1, 0.15) is 12.4 Å². The third-order valence-electron chi connectivity index (χ3n) is 3.33. The van der Waals surface area contributed by atoms with Crippen LogP contribution in [0.2, 0.25) is 0 Å². The first-order chi connectivity index (χ1) is 11.1. The molecule has 0 aliphatic heterocycles. The normalized spacial score (nSPS) is 10.4. The number of carbonyl (C=O) groups excluding carboxylic acids is 1. The molecule has 122 valence electrons. The van der Waals surface area contributed by atoms with Gasteiger partial charge in [-0.2, -0.15) is 0 Å². The van der Waals surface area contributed by atoms with Crippen LogP contribution >= 0.6 is 15.9 Å². The molecular weight excluding hydrogens is 356 g/mol. The van der Waals surface area contributed by atoms with E-state index in [-0.39, 0.29) is 6.03 Å². The molecule has 0 bridgehead atoms. The van der Waals surface area contributed by atoms with Crippen LogP contribution in [0.15, 0.2) is 53.0 Å². The van der Waals surface area contributed by atoms with Gasteiger partial charge in [0.05, 0.1) is 12.2 Å². The molecule has 0 unspecified atom stereocenters. The van der Waals surface area contributed by atoms with E-state index in [1.54, 1.807) is 0 Å². The predicted octanol–water partition coefficient (Wildman–Crippen LogP) is 4.77. The van der Waals surface area contributed by atoms with Crippen molar-refractivity contribution < 1.29 is 9.53 Å². The quantitative estimate of drug-likeness (QED) is 0.713. The zero-order valence-electron chi connectivity index (χ0n) is 13.3. The summed E-state index contributed by atoms with van der Waals surface area (Å²) in [6.07, 6.45) is 0. The molecule has 0 aliphatic rings. The third-order valence-corrected chi connectivity index (χ3v) is 4.02. The minimum Gasteiger partial charge on any atom is -0.492 e. The minimum absolute atomic E-state index is 0.254. The fraction of sp³-hybridized carbons (Fsp3) is 0.278. The number of hydrogen-bond acceptors (Lipinski definition) is 2. The molecule has 0 spiro atoms. The summed E-state index contributed by atoms with van der Waals surface area (Å²) >= 11 is 3.39. The van der Waals surface area contributed by atoms with Gasteiger partial charge in [0.25, 0.3) is 0 Å². The van der Waals surface area contributed by atoms with Gasteiger partial charge in [-0.25, -0.2) is 4.79 Å². The molecule has 4 nitrogen and oxygen atoms in total. The summed E-state index contributed by atoms with van der Waals surface area (Å²) in [4.78, 5) is 11.8. The largest absolute Gasteiger partial charge is 0.492 e. The van der Waals surface area contributed by atoms with E-state index in [9.17, 15) is 4.79 Å². The van der Waals surface area contributed by atoms with Crippen molar-refractivity contribution >= 4 is 27.6 Å². The van der Waals surface area contributed by atoms with E-state index in [4.69, 9.17) is 4.74 Å². The number of carbonyl (C=O) groups is 1. The summed E-state index contributed by atoms with van der Waals surface area (Å²) in [6, 6.07) is 15.2. The molecule has 5 heteroatoms. The molecule has 23 heavy (non-hydrogen) atoms. The highest BCUT2D eigenvalue weighted by Gasteiger charge is 2.04. The Morgan fingerprint density at radius 2 is 1.83 bits per heavy atom. The lowest BCUT2D eigenvalue weighted by Gasteiger charge is -2.11. The van der Waals surface area contributed by atoms with Gasteiger partial charge in [0, 0.05) is 4.47 Å². The summed E-state index contributed by atoms with van der Waals surface area (Å²) in [5.41, 5.74) is 2.01. The Morgan fingerprint density at radius 3 is 2.48 bits per heavy atom. The summed E-state index contributed by atoms with van der Waals surface area (Å²) in [5, 5.41) is 5.54. The topological polar surface area (TPSA) is 50.4 Å². The number of halogens is 1. The van der Waals surface area contributed by atoms with Crippen LogP contribution in [-0.2, 0) is 0 Å². The number of hydrogen-bond donors (Lipinski definition) is 2. The van der Waals surface area contributed by atoms with Crippen LogP contribution in [0.25, 0.3) is 0 Å². The van der Waals surface area contributed by atoms with Crippen LogP contribution in [0.5, 0.6) is 5.75 Å². The summed E-state index contributed by atoms with van der Waals surface area (Å²) in [6.45, 7) is 5.17. The van der Waals surface area contributed by atoms with E-state index >= 15 is 0 Å². The molecule has 0 aromatic heterocycles. The number of para-hydroxylation sites is 1. The molecule has 0 radical (unpaired) electrons. The van der Waals surface area contributed by atoms with Gasteiger partial charge < -0.3 is 15.4 Å². The zero-order valence-corrected chi connectivity index (χ0v) is 14.9. The van der Waals surface area contributed by atoms with Gasteiger partial charge >= 0.3 is 6.03 Å². The molecule has 2 rings (SSSR count). The van der Waals surface area contributed by atoms with Crippen molar-refractivity contribution in [1.82, 2.24) is 5.32 Å². The molecule has 0 aliphatic carbocycles. The number of urea groups is 1. The molecule has 0 saturated heterocycles. The maximum Gasteiger partial charge on any atom is 0.319 e. The van der Waals surface area contributed by atoms with Crippen molar-refractivity contribution in [2.75, 3.05) is 18.5 Å². The van der Waals surface area contributed by atoms with E-state index in [0.29, 0.717) is 19.1 Å². The Hall–Kier alpha value is -2.01. The van der Waals surface area contributed by atoms with Crippen LogP contribution < -0.4 is 15.4 Å². The number of nitrogens with one attached hydrogen (secondary N) is 2. The molecule has 2 aromatic rings. The minimum atomic E-state index is -0.254. The average molecular weight is 377 g/mol. The first-order valence-electron chi connectivity index (χ1n) is 7.58. The van der Waals surface area contributed by atoms with Gasteiger partial charge in [0.15, 0.2) is 0 Å². The second-order valence-electron chi connectivity index (χ2n) is 5.43. The zero-order chi connectivity index (χ0) is 16.7. The summed E-state index contributed by atoms with van der Waals surface area (Å²) < 4.78 is 6.46. The van der Waals surface area contributed by atoms with Crippen molar-refractivity contribution in [3.05, 3.63) is 58.6 Å². The first-order valence-corrected chi connectivity index (χ1v) is 8.37. The van der Waals surface area contributed by atoms with Crippen molar-refractivity contribution in [1.29, 1.82) is 0 Å².